The van der Waals surface area contributed by atoms with Crippen LogP contribution in [0, 0.1) is 18.8 Å². The monoisotopic (exact) mass is 486 g/mol. The van der Waals surface area contributed by atoms with Crippen LogP contribution in [0.25, 0.3) is 0 Å². The number of amides is 1. The minimum absolute atomic E-state index is 0.0103. The molecule has 1 saturated heterocycles. The van der Waals surface area contributed by atoms with Crippen LogP contribution >= 0.6 is 0 Å². The molecule has 1 fully saturated rings. The zero-order valence-corrected chi connectivity index (χ0v) is 20.4. The molecule has 7 heteroatoms. The van der Waals surface area contributed by atoms with Crippen LogP contribution in [0.5, 0.6) is 0 Å². The number of fused-ring (bicyclic) bond motifs is 1. The van der Waals surface area contributed by atoms with E-state index in [4.69, 9.17) is 0 Å². The van der Waals surface area contributed by atoms with E-state index in [0.29, 0.717) is 16.8 Å². The number of anilines is 1. The van der Waals surface area contributed by atoms with Gasteiger partial charge in [0.05, 0.1) is 0 Å². The Kier molecular flexibility index (Phi) is 6.57. The molecule has 1 aliphatic heterocycles. The molecule has 5 nitrogen and oxygen atoms in total. The van der Waals surface area contributed by atoms with Gasteiger partial charge in [0, 0.05) is 79.0 Å². The van der Waals surface area contributed by atoms with Gasteiger partial charge < -0.3 is 10.2 Å². The van der Waals surface area contributed by atoms with Gasteiger partial charge in [-0.2, -0.15) is 0 Å². The minimum atomic E-state index is -2.93. The second kappa shape index (κ2) is 9.81. The molecule has 36 heavy (non-hydrogen) atoms. The third kappa shape index (κ3) is 5.01. The van der Waals surface area contributed by atoms with E-state index in [1.807, 2.05) is 32.2 Å². The van der Waals surface area contributed by atoms with Crippen LogP contribution in [-0.4, -0.2) is 53.9 Å². The highest BCUT2D eigenvalue weighted by atomic mass is 19.3. The number of hydrogen-bond donors (Lipinski definition) is 1. The Balaban J connectivity index is 1.35. The maximum atomic E-state index is 15.0. The van der Waals surface area contributed by atoms with Gasteiger partial charge in [0.25, 0.3) is 11.8 Å². The molecule has 5 rings (SSSR count). The predicted molar refractivity (Wildman–Crippen MR) is 136 cm³/mol. The Hall–Kier alpha value is -3.60. The minimum Gasteiger partial charge on any atom is -0.322 e. The van der Waals surface area contributed by atoms with Crippen molar-refractivity contribution >= 4 is 11.6 Å². The summed E-state index contributed by atoms with van der Waals surface area (Å²) in [5.41, 5.74) is 3.89. The van der Waals surface area contributed by atoms with Crippen LogP contribution in [0.4, 0.5) is 14.5 Å². The number of aryl methyl sites for hydroxylation is 1. The summed E-state index contributed by atoms with van der Waals surface area (Å²) in [6.07, 6.45) is 3.14. The molecule has 2 aromatic carbocycles. The number of aromatic nitrogens is 1. The van der Waals surface area contributed by atoms with Crippen molar-refractivity contribution in [3.05, 3.63) is 94.3 Å². The fraction of sp³-hybridized carbons (Fsp3) is 0.310. The summed E-state index contributed by atoms with van der Waals surface area (Å²) in [5.74, 6) is 2.86. The standard InChI is InChI=1S/C29H28F2N4O/c1-20-5-7-23(16-22(20)8-6-21-4-3-11-32-19-21)28(36)33-24-9-10-25-26(17-24)29(30,31)18-27(25)35-14-12-34(2)13-15-35/h3-5,7,9-11,16-17,19,27H,12-15,18H2,1-2H3,(H,33,36). The molecule has 1 atom stereocenters. The molecule has 1 amide bonds. The lowest BCUT2D eigenvalue weighted by molar-refractivity contribution is -0.0257. The number of piperazine rings is 1. The molecule has 0 spiro atoms. The Morgan fingerprint density at radius 3 is 2.64 bits per heavy atom. The first kappa shape index (κ1) is 24.1. The van der Waals surface area contributed by atoms with Gasteiger partial charge in [0.2, 0.25) is 0 Å². The molecule has 1 N–H and O–H groups in total. The van der Waals surface area contributed by atoms with E-state index in [1.54, 1.807) is 36.7 Å². The summed E-state index contributed by atoms with van der Waals surface area (Å²) in [6.45, 7) is 5.21. The molecule has 184 valence electrons. The predicted octanol–water partition coefficient (Wildman–Crippen LogP) is 4.83. The fourth-order valence-electron chi connectivity index (χ4n) is 4.84. The third-order valence-corrected chi connectivity index (χ3v) is 7.00. The smallest absolute Gasteiger partial charge is 0.275 e. The average Bonchev–Trinajstić information content (AvgIpc) is 3.14. The first-order valence-corrected chi connectivity index (χ1v) is 12.1. The van der Waals surface area contributed by atoms with Crippen LogP contribution in [0.15, 0.2) is 60.9 Å². The third-order valence-electron chi connectivity index (χ3n) is 7.00. The van der Waals surface area contributed by atoms with Crippen molar-refractivity contribution in [1.29, 1.82) is 0 Å². The number of benzene rings is 2. The maximum Gasteiger partial charge on any atom is 0.275 e. The first-order chi connectivity index (χ1) is 17.3. The molecule has 1 unspecified atom stereocenters. The van der Waals surface area contributed by atoms with Crippen LogP contribution in [0.3, 0.4) is 0 Å². The second-order valence-electron chi connectivity index (χ2n) is 9.54. The molecular formula is C29H28F2N4O. The second-order valence-corrected chi connectivity index (χ2v) is 9.54. The van der Waals surface area contributed by atoms with Crippen molar-refractivity contribution in [3.63, 3.8) is 0 Å². The van der Waals surface area contributed by atoms with Crippen molar-refractivity contribution < 1.29 is 13.6 Å². The van der Waals surface area contributed by atoms with Gasteiger partial charge in [-0.05, 0) is 61.5 Å². The first-order valence-electron chi connectivity index (χ1n) is 12.1. The highest BCUT2D eigenvalue weighted by molar-refractivity contribution is 6.04. The number of hydrogen-bond acceptors (Lipinski definition) is 4. The number of pyridine rings is 1. The van der Waals surface area contributed by atoms with Crippen molar-refractivity contribution in [2.24, 2.45) is 0 Å². The van der Waals surface area contributed by atoms with Gasteiger partial charge in [0.1, 0.15) is 0 Å². The molecular weight excluding hydrogens is 458 g/mol. The number of carbonyl (C=O) groups is 1. The van der Waals surface area contributed by atoms with E-state index >= 15 is 8.78 Å². The zero-order chi connectivity index (χ0) is 25.3. The van der Waals surface area contributed by atoms with Crippen molar-refractivity contribution in [1.82, 2.24) is 14.8 Å². The van der Waals surface area contributed by atoms with E-state index in [0.717, 1.165) is 42.9 Å². The lowest BCUT2D eigenvalue weighted by Crippen LogP contribution is -2.45. The maximum absolute atomic E-state index is 15.0. The lowest BCUT2D eigenvalue weighted by Gasteiger charge is -2.36. The van der Waals surface area contributed by atoms with Gasteiger partial charge in [-0.1, -0.05) is 24.0 Å². The van der Waals surface area contributed by atoms with Gasteiger partial charge in [0.15, 0.2) is 0 Å². The van der Waals surface area contributed by atoms with Crippen molar-refractivity contribution in [3.8, 4) is 11.8 Å². The largest absolute Gasteiger partial charge is 0.322 e. The summed E-state index contributed by atoms with van der Waals surface area (Å²) in [7, 11) is 2.05. The SMILES string of the molecule is Cc1ccc(C(=O)Nc2ccc3c(c2)C(F)(F)CC3N2CCN(C)CC2)cc1C#Cc1cccnc1. The fourth-order valence-corrected chi connectivity index (χ4v) is 4.84. The van der Waals surface area contributed by atoms with Gasteiger partial charge in [-0.3, -0.25) is 14.7 Å². The Labute approximate surface area is 210 Å². The van der Waals surface area contributed by atoms with Crippen molar-refractivity contribution in [2.75, 3.05) is 38.5 Å². The Morgan fingerprint density at radius 1 is 1.08 bits per heavy atom. The molecule has 0 radical (unpaired) electrons. The van der Waals surface area contributed by atoms with Crippen LogP contribution < -0.4 is 5.32 Å². The van der Waals surface area contributed by atoms with Gasteiger partial charge in [-0.15, -0.1) is 0 Å². The number of alkyl halides is 2. The summed E-state index contributed by atoms with van der Waals surface area (Å²) >= 11 is 0. The lowest BCUT2D eigenvalue weighted by atomic mass is 10.0. The quantitative estimate of drug-likeness (QED) is 0.539. The average molecular weight is 487 g/mol. The number of halogens is 2. The zero-order valence-electron chi connectivity index (χ0n) is 20.4. The number of rotatable bonds is 3. The number of nitrogens with zero attached hydrogens (tertiary/aromatic N) is 3. The summed E-state index contributed by atoms with van der Waals surface area (Å²) in [6, 6.07) is 13.5. The highest BCUT2D eigenvalue weighted by Gasteiger charge is 2.47. The molecule has 0 bridgehead atoms. The van der Waals surface area contributed by atoms with E-state index in [1.165, 1.54) is 6.07 Å². The van der Waals surface area contributed by atoms with Gasteiger partial charge >= 0.3 is 0 Å². The Morgan fingerprint density at radius 2 is 1.89 bits per heavy atom. The van der Waals surface area contributed by atoms with E-state index in [2.05, 4.69) is 31.9 Å². The van der Waals surface area contributed by atoms with Crippen molar-refractivity contribution in [2.45, 2.75) is 25.3 Å². The Bertz CT molecular complexity index is 1340. The van der Waals surface area contributed by atoms with Crippen LogP contribution in [0.2, 0.25) is 0 Å². The van der Waals surface area contributed by atoms with Gasteiger partial charge in [-0.25, -0.2) is 8.78 Å². The molecule has 3 aromatic rings. The summed E-state index contributed by atoms with van der Waals surface area (Å²) < 4.78 is 30.0. The number of carbonyl (C=O) groups excluding carboxylic acids is 1. The molecule has 1 aromatic heterocycles. The molecule has 0 saturated carbocycles. The summed E-state index contributed by atoms with van der Waals surface area (Å²) in [5, 5.41) is 2.80. The number of nitrogens with one attached hydrogen (secondary N) is 1. The van der Waals surface area contributed by atoms with E-state index < -0.39 is 5.92 Å². The number of likely N-dealkylation sites (N-methyl/N-ethyl adjacent to an activating group) is 1. The van der Waals surface area contributed by atoms with Crippen LogP contribution in [0.1, 0.15) is 50.6 Å². The topological polar surface area (TPSA) is 48.5 Å². The normalized spacial score (nSPS) is 19.3. The highest BCUT2D eigenvalue weighted by Crippen LogP contribution is 2.50. The molecule has 2 heterocycles. The molecule has 2 aliphatic rings. The van der Waals surface area contributed by atoms with Crippen LogP contribution in [-0.2, 0) is 5.92 Å². The summed E-state index contributed by atoms with van der Waals surface area (Å²) in [4.78, 5) is 21.4. The van der Waals surface area contributed by atoms with E-state index in [-0.39, 0.29) is 23.9 Å². The molecule has 1 aliphatic carbocycles. The van der Waals surface area contributed by atoms with E-state index in [9.17, 15) is 4.79 Å².